The van der Waals surface area contributed by atoms with Gasteiger partial charge in [-0.3, -0.25) is 4.79 Å². The van der Waals surface area contributed by atoms with Crippen LogP contribution in [0, 0.1) is 0 Å². The largest absolute Gasteiger partial charge is 0.497 e. The highest BCUT2D eigenvalue weighted by molar-refractivity contribution is 7.18. The fourth-order valence-electron chi connectivity index (χ4n) is 3.27. The molecule has 0 radical (unpaired) electrons. The summed E-state index contributed by atoms with van der Waals surface area (Å²) < 4.78 is 11.5. The molecule has 32 heavy (non-hydrogen) atoms. The average Bonchev–Trinajstić information content (AvgIpc) is 3.27. The zero-order valence-corrected chi connectivity index (χ0v) is 19.3. The molecule has 6 nitrogen and oxygen atoms in total. The van der Waals surface area contributed by atoms with E-state index in [0.29, 0.717) is 38.3 Å². The quantitative estimate of drug-likeness (QED) is 0.289. The van der Waals surface area contributed by atoms with Crippen LogP contribution < -0.4 is 14.9 Å². The number of amides is 1. The topological polar surface area (TPSA) is 72.8 Å². The first kappa shape index (κ1) is 21.8. The third-order valence-corrected chi connectivity index (χ3v) is 6.24. The number of para-hydroxylation sites is 1. The van der Waals surface area contributed by atoms with Gasteiger partial charge in [0.05, 0.1) is 45.9 Å². The number of nitrogens with zero attached hydrogens (tertiary/aromatic N) is 2. The lowest BCUT2D eigenvalue weighted by molar-refractivity contribution is 0.0956. The molecule has 4 aromatic rings. The van der Waals surface area contributed by atoms with Crippen LogP contribution in [0.5, 0.6) is 11.5 Å². The molecule has 1 N–H and O–H groups in total. The van der Waals surface area contributed by atoms with Gasteiger partial charge < -0.3 is 9.47 Å². The van der Waals surface area contributed by atoms with Gasteiger partial charge in [-0.15, -0.1) is 11.3 Å². The highest BCUT2D eigenvalue weighted by Gasteiger charge is 2.16. The molecular formula is C24H20ClN3O3S. The number of ether oxygens (including phenoxy) is 2. The van der Waals surface area contributed by atoms with Crippen molar-refractivity contribution in [3.8, 4) is 22.8 Å². The number of pyridine rings is 1. The lowest BCUT2D eigenvalue weighted by atomic mass is 10.0. The Hall–Kier alpha value is -3.42. The molecule has 0 aliphatic rings. The van der Waals surface area contributed by atoms with Crippen LogP contribution in [0.1, 0.15) is 22.2 Å². The van der Waals surface area contributed by atoms with E-state index in [-0.39, 0.29) is 5.91 Å². The van der Waals surface area contributed by atoms with E-state index in [1.54, 1.807) is 32.4 Å². The van der Waals surface area contributed by atoms with Crippen molar-refractivity contribution in [2.24, 2.45) is 5.10 Å². The van der Waals surface area contributed by atoms with Gasteiger partial charge in [0.2, 0.25) is 0 Å². The van der Waals surface area contributed by atoms with Crippen LogP contribution in [-0.4, -0.2) is 30.8 Å². The zero-order chi connectivity index (χ0) is 22.7. The molecule has 0 spiro atoms. The number of carbonyl (C=O) groups excluding carboxylic acids is 1. The molecule has 162 valence electrons. The van der Waals surface area contributed by atoms with Crippen molar-refractivity contribution in [1.29, 1.82) is 0 Å². The summed E-state index contributed by atoms with van der Waals surface area (Å²) in [4.78, 5) is 18.8. The van der Waals surface area contributed by atoms with E-state index in [1.807, 2.05) is 49.4 Å². The molecule has 1 amide bonds. The standard InChI is InChI=1S/C24H20ClN3O3S/c1-14(22-10-11-23(25)32-22)27-28-24(29)18-13-20(26-19-7-5-4-6-16(18)19)17-9-8-15(30-2)12-21(17)31-3/h4-13H,1-3H3,(H,28,29)/b27-14+. The Bertz CT molecular complexity index is 1330. The molecule has 0 atom stereocenters. The number of benzene rings is 2. The summed E-state index contributed by atoms with van der Waals surface area (Å²) in [6, 6.07) is 18.4. The molecule has 0 fully saturated rings. The minimum atomic E-state index is -0.334. The molecule has 0 aliphatic heterocycles. The van der Waals surface area contributed by atoms with Crippen LogP contribution in [0.25, 0.3) is 22.2 Å². The van der Waals surface area contributed by atoms with Crippen molar-refractivity contribution in [2.45, 2.75) is 6.92 Å². The number of nitrogens with one attached hydrogen (secondary N) is 1. The minimum Gasteiger partial charge on any atom is -0.497 e. The van der Waals surface area contributed by atoms with Gasteiger partial charge in [-0.2, -0.15) is 5.10 Å². The number of carbonyl (C=O) groups is 1. The van der Waals surface area contributed by atoms with Crippen molar-refractivity contribution >= 4 is 45.5 Å². The van der Waals surface area contributed by atoms with Gasteiger partial charge in [0.25, 0.3) is 5.91 Å². The Morgan fingerprint density at radius 1 is 1.06 bits per heavy atom. The zero-order valence-electron chi connectivity index (χ0n) is 17.7. The Balaban J connectivity index is 1.75. The fraction of sp³-hybridized carbons (Fsp3) is 0.125. The third-order valence-electron chi connectivity index (χ3n) is 4.90. The van der Waals surface area contributed by atoms with Gasteiger partial charge in [-0.05, 0) is 43.3 Å². The van der Waals surface area contributed by atoms with E-state index < -0.39 is 0 Å². The SMILES string of the molecule is COc1ccc(-c2cc(C(=O)N/N=C(\C)c3ccc(Cl)s3)c3ccccc3n2)c(OC)c1. The van der Waals surface area contributed by atoms with Crippen LogP contribution in [0.2, 0.25) is 4.34 Å². The molecular weight excluding hydrogens is 446 g/mol. The predicted molar refractivity (Wildman–Crippen MR) is 129 cm³/mol. The van der Waals surface area contributed by atoms with Crippen molar-refractivity contribution < 1.29 is 14.3 Å². The molecule has 0 unspecified atom stereocenters. The maximum atomic E-state index is 13.1. The maximum Gasteiger partial charge on any atom is 0.272 e. The summed E-state index contributed by atoms with van der Waals surface area (Å²) in [5.74, 6) is 0.934. The van der Waals surface area contributed by atoms with Crippen LogP contribution in [-0.2, 0) is 0 Å². The average molecular weight is 466 g/mol. The molecule has 2 heterocycles. The second-order valence-electron chi connectivity index (χ2n) is 6.88. The number of hydrogen-bond donors (Lipinski definition) is 1. The first-order valence-corrected chi connectivity index (χ1v) is 10.9. The number of fused-ring (bicyclic) bond motifs is 1. The summed E-state index contributed by atoms with van der Waals surface area (Å²) in [7, 11) is 3.18. The van der Waals surface area contributed by atoms with Crippen LogP contribution in [0.15, 0.2) is 65.8 Å². The molecule has 0 aliphatic carbocycles. The van der Waals surface area contributed by atoms with E-state index in [9.17, 15) is 4.79 Å². The van der Waals surface area contributed by atoms with Crippen molar-refractivity contribution in [2.75, 3.05) is 14.2 Å². The number of methoxy groups -OCH3 is 2. The molecule has 2 aromatic carbocycles. The van der Waals surface area contributed by atoms with Gasteiger partial charge in [0.15, 0.2) is 0 Å². The van der Waals surface area contributed by atoms with E-state index >= 15 is 0 Å². The van der Waals surface area contributed by atoms with Gasteiger partial charge >= 0.3 is 0 Å². The first-order valence-electron chi connectivity index (χ1n) is 9.72. The number of hydrazone groups is 1. The minimum absolute atomic E-state index is 0.334. The smallest absolute Gasteiger partial charge is 0.272 e. The Labute approximate surface area is 194 Å². The van der Waals surface area contributed by atoms with Crippen LogP contribution in [0.4, 0.5) is 0 Å². The number of rotatable bonds is 6. The third kappa shape index (κ3) is 4.44. The van der Waals surface area contributed by atoms with Crippen molar-refractivity contribution in [1.82, 2.24) is 10.4 Å². The second-order valence-corrected chi connectivity index (χ2v) is 8.60. The van der Waals surface area contributed by atoms with Gasteiger partial charge in [-0.1, -0.05) is 29.8 Å². The number of thiophene rings is 1. The predicted octanol–water partition coefficient (Wildman–Crippen LogP) is 5.79. The Morgan fingerprint density at radius 3 is 2.59 bits per heavy atom. The number of hydrogen-bond acceptors (Lipinski definition) is 6. The molecule has 2 aromatic heterocycles. The summed E-state index contributed by atoms with van der Waals surface area (Å²) >= 11 is 7.40. The van der Waals surface area contributed by atoms with Gasteiger partial charge in [0, 0.05) is 17.0 Å². The van der Waals surface area contributed by atoms with E-state index in [1.165, 1.54) is 11.3 Å². The summed E-state index contributed by atoms with van der Waals surface area (Å²) in [5, 5.41) is 4.99. The van der Waals surface area contributed by atoms with Gasteiger partial charge in [-0.25, -0.2) is 10.4 Å². The fourth-order valence-corrected chi connectivity index (χ4v) is 4.26. The lowest BCUT2D eigenvalue weighted by Gasteiger charge is -2.13. The van der Waals surface area contributed by atoms with Crippen LogP contribution >= 0.6 is 22.9 Å². The van der Waals surface area contributed by atoms with Crippen LogP contribution in [0.3, 0.4) is 0 Å². The highest BCUT2D eigenvalue weighted by Crippen LogP contribution is 2.34. The summed E-state index contributed by atoms with van der Waals surface area (Å²) in [6.07, 6.45) is 0. The van der Waals surface area contributed by atoms with Gasteiger partial charge in [0.1, 0.15) is 11.5 Å². The lowest BCUT2D eigenvalue weighted by Crippen LogP contribution is -2.19. The second kappa shape index (κ2) is 9.38. The van der Waals surface area contributed by atoms with E-state index in [2.05, 4.69) is 10.5 Å². The number of halogens is 1. The summed E-state index contributed by atoms with van der Waals surface area (Å²) in [5.41, 5.74) is 5.85. The molecule has 4 rings (SSSR count). The highest BCUT2D eigenvalue weighted by atomic mass is 35.5. The molecule has 8 heteroatoms. The molecule has 0 saturated heterocycles. The van der Waals surface area contributed by atoms with E-state index in [4.69, 9.17) is 26.1 Å². The monoisotopic (exact) mass is 465 g/mol. The summed E-state index contributed by atoms with van der Waals surface area (Å²) in [6.45, 7) is 1.82. The first-order chi connectivity index (χ1) is 15.5. The Morgan fingerprint density at radius 2 is 1.88 bits per heavy atom. The molecule has 0 saturated carbocycles. The van der Waals surface area contributed by atoms with Crippen molar-refractivity contribution in [3.63, 3.8) is 0 Å². The Kier molecular flexibility index (Phi) is 6.39. The normalized spacial score (nSPS) is 11.4. The molecule has 0 bridgehead atoms. The van der Waals surface area contributed by atoms with Crippen molar-refractivity contribution in [3.05, 3.63) is 75.4 Å². The maximum absolute atomic E-state index is 13.1. The number of aromatic nitrogens is 1. The van der Waals surface area contributed by atoms with E-state index in [0.717, 1.165) is 15.8 Å².